The number of benzene rings is 3. The van der Waals surface area contributed by atoms with Crippen molar-refractivity contribution in [1.82, 2.24) is 9.97 Å². The lowest BCUT2D eigenvalue weighted by atomic mass is 10.1. The first-order chi connectivity index (χ1) is 16.7. The molecular formula is C27H20FN5O. The summed E-state index contributed by atoms with van der Waals surface area (Å²) in [4.78, 5) is 21.0. The minimum absolute atomic E-state index is 0.229. The smallest absolute Gasteiger partial charge is 0.255 e. The topological polar surface area (TPSA) is 78.9 Å². The molecule has 0 saturated carbocycles. The number of hydrogen-bond donors (Lipinski definition) is 3. The Balaban J connectivity index is 1.28. The minimum Gasteiger partial charge on any atom is -0.355 e. The number of nitrogens with zero attached hydrogens (tertiary/aromatic N) is 2. The first-order valence-corrected chi connectivity index (χ1v) is 10.6. The Morgan fingerprint density at radius 1 is 0.706 bits per heavy atom. The Kier molecular flexibility index (Phi) is 5.82. The van der Waals surface area contributed by atoms with Gasteiger partial charge in [-0.25, -0.2) is 4.39 Å². The van der Waals surface area contributed by atoms with E-state index in [2.05, 4.69) is 25.9 Å². The van der Waals surface area contributed by atoms with Crippen LogP contribution in [0.5, 0.6) is 0 Å². The molecule has 0 fully saturated rings. The molecule has 2 heterocycles. The summed E-state index contributed by atoms with van der Waals surface area (Å²) in [6, 6.07) is 24.7. The van der Waals surface area contributed by atoms with Crippen LogP contribution in [0.3, 0.4) is 0 Å². The predicted molar refractivity (Wildman–Crippen MR) is 133 cm³/mol. The number of nitrogens with one attached hydrogen (secondary N) is 3. The molecule has 7 heteroatoms. The number of rotatable bonds is 6. The van der Waals surface area contributed by atoms with Crippen LogP contribution in [-0.4, -0.2) is 15.9 Å². The summed E-state index contributed by atoms with van der Waals surface area (Å²) in [5.74, 6) is -0.572. The lowest BCUT2D eigenvalue weighted by molar-refractivity contribution is 0.102. The van der Waals surface area contributed by atoms with E-state index in [9.17, 15) is 9.18 Å². The highest BCUT2D eigenvalue weighted by Gasteiger charge is 2.10. The largest absolute Gasteiger partial charge is 0.355 e. The fourth-order valence-corrected chi connectivity index (χ4v) is 3.61. The minimum atomic E-state index is -0.343. The maximum Gasteiger partial charge on any atom is 0.255 e. The molecule has 34 heavy (non-hydrogen) atoms. The maximum atomic E-state index is 14.3. The second-order valence-electron chi connectivity index (χ2n) is 7.59. The van der Waals surface area contributed by atoms with Gasteiger partial charge >= 0.3 is 0 Å². The zero-order valence-electron chi connectivity index (χ0n) is 18.0. The van der Waals surface area contributed by atoms with Crippen molar-refractivity contribution in [3.05, 3.63) is 115 Å². The number of anilines is 5. The SMILES string of the molecule is O=C(Nc1cccc(Nc2ccncc2)c1)c1ccc(Nc2ccnc3cccc(F)c23)cc1. The number of fused-ring (bicyclic) bond motifs is 1. The average molecular weight is 449 g/mol. The van der Waals surface area contributed by atoms with E-state index in [-0.39, 0.29) is 11.7 Å². The second-order valence-corrected chi connectivity index (χ2v) is 7.59. The highest BCUT2D eigenvalue weighted by Crippen LogP contribution is 2.27. The normalized spacial score (nSPS) is 10.6. The van der Waals surface area contributed by atoms with Crippen molar-refractivity contribution < 1.29 is 9.18 Å². The van der Waals surface area contributed by atoms with Crippen LogP contribution in [0.25, 0.3) is 10.9 Å². The van der Waals surface area contributed by atoms with Gasteiger partial charge in [-0.2, -0.15) is 0 Å². The van der Waals surface area contributed by atoms with E-state index in [4.69, 9.17) is 0 Å². The van der Waals surface area contributed by atoms with Crippen LogP contribution in [0.15, 0.2) is 104 Å². The standard InChI is InChI=1S/C27H20FN5O/c28-23-5-2-6-24-26(23)25(13-16-30-24)32-19-9-7-18(8-10-19)27(34)33-22-4-1-3-21(17-22)31-20-11-14-29-15-12-20/h1-17H,(H,29,31)(H,30,32)(H,33,34). The van der Waals surface area contributed by atoms with Crippen LogP contribution in [0.4, 0.5) is 32.8 Å². The van der Waals surface area contributed by atoms with Crippen LogP contribution >= 0.6 is 0 Å². The van der Waals surface area contributed by atoms with Gasteiger partial charge in [-0.15, -0.1) is 0 Å². The van der Waals surface area contributed by atoms with Crippen molar-refractivity contribution >= 4 is 45.2 Å². The lowest BCUT2D eigenvalue weighted by Crippen LogP contribution is -2.11. The van der Waals surface area contributed by atoms with Crippen LogP contribution in [0, 0.1) is 5.82 Å². The van der Waals surface area contributed by atoms with E-state index in [0.717, 1.165) is 17.1 Å². The number of carbonyl (C=O) groups is 1. The van der Waals surface area contributed by atoms with Crippen LogP contribution < -0.4 is 16.0 Å². The molecule has 6 nitrogen and oxygen atoms in total. The molecule has 5 rings (SSSR count). The molecule has 0 spiro atoms. The molecule has 3 N–H and O–H groups in total. The van der Waals surface area contributed by atoms with E-state index in [0.29, 0.717) is 27.8 Å². The van der Waals surface area contributed by atoms with Gasteiger partial charge in [0.15, 0.2) is 0 Å². The zero-order valence-corrected chi connectivity index (χ0v) is 18.0. The molecule has 0 aliphatic carbocycles. The number of halogens is 1. The average Bonchev–Trinajstić information content (AvgIpc) is 2.85. The molecule has 0 atom stereocenters. The third kappa shape index (κ3) is 4.68. The third-order valence-electron chi connectivity index (χ3n) is 5.23. The fourth-order valence-electron chi connectivity index (χ4n) is 3.61. The van der Waals surface area contributed by atoms with Gasteiger partial charge in [0, 0.05) is 46.9 Å². The van der Waals surface area contributed by atoms with Gasteiger partial charge in [0.25, 0.3) is 5.91 Å². The van der Waals surface area contributed by atoms with Crippen LogP contribution in [0.1, 0.15) is 10.4 Å². The van der Waals surface area contributed by atoms with Gasteiger partial charge in [-0.3, -0.25) is 14.8 Å². The van der Waals surface area contributed by atoms with Crippen LogP contribution in [0.2, 0.25) is 0 Å². The molecule has 0 aliphatic heterocycles. The molecular weight excluding hydrogens is 429 g/mol. The Bertz CT molecular complexity index is 1450. The van der Waals surface area contributed by atoms with Gasteiger partial charge in [0.2, 0.25) is 0 Å². The summed E-state index contributed by atoms with van der Waals surface area (Å²) < 4.78 is 14.3. The fraction of sp³-hybridized carbons (Fsp3) is 0. The lowest BCUT2D eigenvalue weighted by Gasteiger charge is -2.11. The molecule has 1 amide bonds. The molecule has 0 unspecified atom stereocenters. The number of aromatic nitrogens is 2. The molecule has 166 valence electrons. The van der Waals surface area contributed by atoms with E-state index in [1.54, 1.807) is 61.1 Å². The van der Waals surface area contributed by atoms with Crippen molar-refractivity contribution in [2.24, 2.45) is 0 Å². The number of hydrogen-bond acceptors (Lipinski definition) is 5. The highest BCUT2D eigenvalue weighted by molar-refractivity contribution is 6.04. The van der Waals surface area contributed by atoms with Gasteiger partial charge in [-0.05, 0) is 72.8 Å². The first-order valence-electron chi connectivity index (χ1n) is 10.6. The molecule has 5 aromatic rings. The summed E-state index contributed by atoms with van der Waals surface area (Å²) in [6.45, 7) is 0. The number of pyridine rings is 2. The first kappa shape index (κ1) is 21.1. The summed E-state index contributed by atoms with van der Waals surface area (Å²) in [5.41, 5.74) is 4.84. The molecule has 0 saturated heterocycles. The quantitative estimate of drug-likeness (QED) is 0.275. The molecule has 3 aromatic carbocycles. The number of amides is 1. The predicted octanol–water partition coefficient (Wildman–Crippen LogP) is 6.51. The summed E-state index contributed by atoms with van der Waals surface area (Å²) in [7, 11) is 0. The van der Waals surface area contributed by atoms with E-state index >= 15 is 0 Å². The van der Waals surface area contributed by atoms with E-state index in [1.165, 1.54) is 6.07 Å². The Morgan fingerprint density at radius 2 is 1.44 bits per heavy atom. The Labute approximate surface area is 195 Å². The van der Waals surface area contributed by atoms with Crippen molar-refractivity contribution in [3.8, 4) is 0 Å². The van der Waals surface area contributed by atoms with Gasteiger partial charge in [0.05, 0.1) is 16.6 Å². The monoisotopic (exact) mass is 449 g/mol. The van der Waals surface area contributed by atoms with E-state index < -0.39 is 0 Å². The molecule has 0 aliphatic rings. The second kappa shape index (κ2) is 9.38. The van der Waals surface area contributed by atoms with Gasteiger partial charge < -0.3 is 16.0 Å². The van der Waals surface area contributed by atoms with Crippen LogP contribution in [-0.2, 0) is 0 Å². The summed E-state index contributed by atoms with van der Waals surface area (Å²) in [5, 5.41) is 9.82. The van der Waals surface area contributed by atoms with Crippen molar-refractivity contribution in [2.75, 3.05) is 16.0 Å². The Morgan fingerprint density at radius 3 is 2.26 bits per heavy atom. The highest BCUT2D eigenvalue weighted by atomic mass is 19.1. The van der Waals surface area contributed by atoms with Crippen molar-refractivity contribution in [3.63, 3.8) is 0 Å². The van der Waals surface area contributed by atoms with Crippen molar-refractivity contribution in [2.45, 2.75) is 0 Å². The summed E-state index contributed by atoms with van der Waals surface area (Å²) in [6.07, 6.45) is 5.05. The Hall–Kier alpha value is -4.78. The molecule has 0 bridgehead atoms. The number of carbonyl (C=O) groups excluding carboxylic acids is 1. The molecule has 2 aromatic heterocycles. The van der Waals surface area contributed by atoms with Crippen molar-refractivity contribution in [1.29, 1.82) is 0 Å². The van der Waals surface area contributed by atoms with Gasteiger partial charge in [0.1, 0.15) is 5.82 Å². The molecule has 0 radical (unpaired) electrons. The van der Waals surface area contributed by atoms with E-state index in [1.807, 2.05) is 36.4 Å². The third-order valence-corrected chi connectivity index (χ3v) is 5.23. The maximum absolute atomic E-state index is 14.3. The zero-order chi connectivity index (χ0) is 23.3. The summed E-state index contributed by atoms with van der Waals surface area (Å²) >= 11 is 0. The van der Waals surface area contributed by atoms with Gasteiger partial charge in [-0.1, -0.05) is 12.1 Å².